The largest absolute Gasteiger partial charge is 0.491 e. The van der Waals surface area contributed by atoms with E-state index in [1.165, 1.54) is 0 Å². The van der Waals surface area contributed by atoms with Gasteiger partial charge >= 0.3 is 0 Å². The van der Waals surface area contributed by atoms with Crippen LogP contribution < -0.4 is 10.1 Å². The van der Waals surface area contributed by atoms with E-state index in [-0.39, 0.29) is 24.2 Å². The average Bonchev–Trinajstić information content (AvgIpc) is 2.99. The first-order chi connectivity index (χ1) is 10.1. The highest BCUT2D eigenvalue weighted by molar-refractivity contribution is 5.81. The van der Waals surface area contributed by atoms with Crippen molar-refractivity contribution in [3.05, 3.63) is 29.8 Å². The Morgan fingerprint density at radius 1 is 1.43 bits per heavy atom. The van der Waals surface area contributed by atoms with E-state index in [1.54, 1.807) is 0 Å². The van der Waals surface area contributed by atoms with Crippen molar-refractivity contribution in [3.8, 4) is 5.75 Å². The Balaban J connectivity index is 2.11. The molecule has 0 aliphatic carbocycles. The van der Waals surface area contributed by atoms with Crippen LogP contribution in [0.1, 0.15) is 51.6 Å². The van der Waals surface area contributed by atoms with Crippen molar-refractivity contribution in [3.63, 3.8) is 0 Å². The first-order valence-corrected chi connectivity index (χ1v) is 7.79. The minimum Gasteiger partial charge on any atom is -0.491 e. The lowest BCUT2D eigenvalue weighted by molar-refractivity contribution is -0.130. The van der Waals surface area contributed by atoms with Gasteiger partial charge in [0.15, 0.2) is 0 Å². The molecule has 1 saturated heterocycles. The number of hydrogen-bond acceptors (Lipinski definition) is 3. The Kier molecular flexibility index (Phi) is 5.62. The van der Waals surface area contributed by atoms with Crippen LogP contribution in [0, 0.1) is 0 Å². The molecule has 4 nitrogen and oxygen atoms in total. The summed E-state index contributed by atoms with van der Waals surface area (Å²) in [6.45, 7) is 6.75. The van der Waals surface area contributed by atoms with Gasteiger partial charge in [0, 0.05) is 12.2 Å². The van der Waals surface area contributed by atoms with E-state index in [4.69, 9.17) is 9.47 Å². The number of amides is 1. The fourth-order valence-electron chi connectivity index (χ4n) is 2.58. The Bertz CT molecular complexity index is 467. The van der Waals surface area contributed by atoms with Gasteiger partial charge in [-0.05, 0) is 39.2 Å². The molecular formula is C17H25NO3. The van der Waals surface area contributed by atoms with Crippen molar-refractivity contribution in [2.45, 2.75) is 58.3 Å². The third-order valence-electron chi connectivity index (χ3n) is 3.60. The summed E-state index contributed by atoms with van der Waals surface area (Å²) in [6, 6.07) is 7.86. The first kappa shape index (κ1) is 15.8. The molecule has 1 aliphatic rings. The van der Waals surface area contributed by atoms with E-state index in [0.717, 1.165) is 30.6 Å². The monoisotopic (exact) mass is 291 g/mol. The highest BCUT2D eigenvalue weighted by Gasteiger charge is 2.26. The predicted octanol–water partition coefficient (Wildman–Crippen LogP) is 3.22. The summed E-state index contributed by atoms with van der Waals surface area (Å²) in [4.78, 5) is 12.2. The first-order valence-electron chi connectivity index (χ1n) is 7.79. The highest BCUT2D eigenvalue weighted by atomic mass is 16.5. The molecule has 0 radical (unpaired) electrons. The van der Waals surface area contributed by atoms with E-state index in [1.807, 2.05) is 38.1 Å². The maximum Gasteiger partial charge on any atom is 0.249 e. The lowest BCUT2D eigenvalue weighted by Gasteiger charge is -2.23. The van der Waals surface area contributed by atoms with Gasteiger partial charge in [-0.15, -0.1) is 0 Å². The number of benzene rings is 1. The van der Waals surface area contributed by atoms with Gasteiger partial charge in [-0.25, -0.2) is 0 Å². The second-order valence-electron chi connectivity index (χ2n) is 5.68. The van der Waals surface area contributed by atoms with Crippen molar-refractivity contribution >= 4 is 5.91 Å². The molecule has 0 unspecified atom stereocenters. The number of nitrogens with one attached hydrogen (secondary N) is 1. The summed E-state index contributed by atoms with van der Waals surface area (Å²) in [6.07, 6.45) is 2.40. The lowest BCUT2D eigenvalue weighted by Crippen LogP contribution is -2.36. The highest BCUT2D eigenvalue weighted by Crippen LogP contribution is 2.28. The molecule has 0 aromatic heterocycles. The Hall–Kier alpha value is -1.55. The second-order valence-corrected chi connectivity index (χ2v) is 5.68. The molecule has 1 aromatic carbocycles. The van der Waals surface area contributed by atoms with E-state index >= 15 is 0 Å². The van der Waals surface area contributed by atoms with Gasteiger partial charge < -0.3 is 14.8 Å². The minimum absolute atomic E-state index is 0.0151. The zero-order chi connectivity index (χ0) is 15.2. The average molecular weight is 291 g/mol. The van der Waals surface area contributed by atoms with Crippen LogP contribution in [0.5, 0.6) is 5.75 Å². The number of hydrogen-bond donors (Lipinski definition) is 1. The topological polar surface area (TPSA) is 47.6 Å². The standard InChI is InChI=1S/C17H25NO3/c1-4-14(18-17(19)16-10-7-11-20-16)13-8-5-6-9-15(13)21-12(2)3/h5-6,8-9,12,14,16H,4,7,10-11H2,1-3H3,(H,18,19)/t14-,16-/m1/s1. The fraction of sp³-hybridized carbons (Fsp3) is 0.588. The third-order valence-corrected chi connectivity index (χ3v) is 3.60. The molecule has 1 amide bonds. The Labute approximate surface area is 126 Å². The van der Waals surface area contributed by atoms with Crippen LogP contribution in [0.25, 0.3) is 0 Å². The molecule has 2 rings (SSSR count). The van der Waals surface area contributed by atoms with Crippen LogP contribution in [-0.2, 0) is 9.53 Å². The van der Waals surface area contributed by atoms with E-state index in [9.17, 15) is 4.79 Å². The summed E-state index contributed by atoms with van der Waals surface area (Å²) in [5, 5.41) is 3.09. The summed E-state index contributed by atoms with van der Waals surface area (Å²) in [5.74, 6) is 0.825. The quantitative estimate of drug-likeness (QED) is 0.875. The maximum absolute atomic E-state index is 12.2. The van der Waals surface area contributed by atoms with E-state index in [0.29, 0.717) is 6.61 Å². The molecule has 1 fully saturated rings. The molecule has 0 saturated carbocycles. The van der Waals surface area contributed by atoms with Crippen molar-refractivity contribution in [1.82, 2.24) is 5.32 Å². The molecule has 21 heavy (non-hydrogen) atoms. The molecule has 116 valence electrons. The summed E-state index contributed by atoms with van der Waals surface area (Å²) in [7, 11) is 0. The summed E-state index contributed by atoms with van der Waals surface area (Å²) in [5.41, 5.74) is 1.03. The molecule has 1 heterocycles. The second kappa shape index (κ2) is 7.46. The number of carbonyl (C=O) groups is 1. The van der Waals surface area contributed by atoms with Crippen LogP contribution in [0.4, 0.5) is 0 Å². The number of para-hydroxylation sites is 1. The zero-order valence-electron chi connectivity index (χ0n) is 13.1. The minimum atomic E-state index is -0.294. The maximum atomic E-state index is 12.2. The van der Waals surface area contributed by atoms with Gasteiger partial charge in [-0.1, -0.05) is 25.1 Å². The molecule has 0 bridgehead atoms. The van der Waals surface area contributed by atoms with Gasteiger partial charge in [-0.2, -0.15) is 0 Å². The van der Waals surface area contributed by atoms with Crippen molar-refractivity contribution in [2.75, 3.05) is 6.61 Å². The van der Waals surface area contributed by atoms with E-state index in [2.05, 4.69) is 12.2 Å². The van der Waals surface area contributed by atoms with E-state index < -0.39 is 0 Å². The Morgan fingerprint density at radius 3 is 2.81 bits per heavy atom. The van der Waals surface area contributed by atoms with Crippen LogP contribution in [-0.4, -0.2) is 24.7 Å². The van der Waals surface area contributed by atoms with Crippen LogP contribution in [0.2, 0.25) is 0 Å². The van der Waals surface area contributed by atoms with Crippen LogP contribution >= 0.6 is 0 Å². The lowest BCUT2D eigenvalue weighted by atomic mass is 10.0. The molecule has 0 spiro atoms. The van der Waals surface area contributed by atoms with Crippen LogP contribution in [0.3, 0.4) is 0 Å². The van der Waals surface area contributed by atoms with Crippen LogP contribution in [0.15, 0.2) is 24.3 Å². The van der Waals surface area contributed by atoms with Gasteiger partial charge in [0.05, 0.1) is 12.1 Å². The van der Waals surface area contributed by atoms with Crippen molar-refractivity contribution in [2.24, 2.45) is 0 Å². The summed E-state index contributed by atoms with van der Waals surface area (Å²) < 4.78 is 11.3. The molecule has 1 aliphatic heterocycles. The van der Waals surface area contributed by atoms with Gasteiger partial charge in [0.25, 0.3) is 0 Å². The van der Waals surface area contributed by atoms with Gasteiger partial charge in [0.2, 0.25) is 5.91 Å². The number of ether oxygens (including phenoxy) is 2. The Morgan fingerprint density at radius 2 is 2.19 bits per heavy atom. The van der Waals surface area contributed by atoms with Gasteiger partial charge in [0.1, 0.15) is 11.9 Å². The number of carbonyl (C=O) groups excluding carboxylic acids is 1. The van der Waals surface area contributed by atoms with Gasteiger partial charge in [-0.3, -0.25) is 4.79 Å². The molecule has 1 N–H and O–H groups in total. The molecule has 1 aromatic rings. The third kappa shape index (κ3) is 4.21. The predicted molar refractivity (Wildman–Crippen MR) is 82.4 cm³/mol. The number of rotatable bonds is 6. The van der Waals surface area contributed by atoms with Crippen molar-refractivity contribution in [1.29, 1.82) is 0 Å². The zero-order valence-corrected chi connectivity index (χ0v) is 13.1. The SMILES string of the molecule is CC[C@@H](NC(=O)[C@H]1CCCO1)c1ccccc1OC(C)C. The smallest absolute Gasteiger partial charge is 0.249 e. The fourth-order valence-corrected chi connectivity index (χ4v) is 2.58. The normalized spacial score (nSPS) is 19.5. The molecular weight excluding hydrogens is 266 g/mol. The summed E-state index contributed by atoms with van der Waals surface area (Å²) >= 11 is 0. The molecule has 2 atom stereocenters. The molecule has 4 heteroatoms. The van der Waals surface area contributed by atoms with Crippen molar-refractivity contribution < 1.29 is 14.3 Å².